The summed E-state index contributed by atoms with van der Waals surface area (Å²) in [5.41, 5.74) is 2.85. The average Bonchev–Trinajstić information content (AvgIpc) is 2.74. The molecule has 0 radical (unpaired) electrons. The van der Waals surface area contributed by atoms with Crippen LogP contribution in [0, 0.1) is 0 Å². The van der Waals surface area contributed by atoms with Crippen LogP contribution in [0.4, 0.5) is 0 Å². The van der Waals surface area contributed by atoms with E-state index in [0.29, 0.717) is 0 Å². The van der Waals surface area contributed by atoms with E-state index in [9.17, 15) is 0 Å². The molecule has 2 aromatic rings. The number of nitrogens with zero attached hydrogens (tertiary/aromatic N) is 2. The predicted octanol–water partition coefficient (Wildman–Crippen LogP) is 8.86. The molecule has 0 atom stereocenters. The van der Waals surface area contributed by atoms with Crippen molar-refractivity contribution in [3.8, 4) is 0 Å². The number of rotatable bonds is 0. The Balaban J connectivity index is -0.000000152. The lowest BCUT2D eigenvalue weighted by Crippen LogP contribution is -2.12. The third kappa shape index (κ3) is 19.1. The van der Waals surface area contributed by atoms with Crippen molar-refractivity contribution >= 4 is 0 Å². The Bertz CT molecular complexity index is 442. The molecule has 0 aliphatic rings. The van der Waals surface area contributed by atoms with Crippen LogP contribution in [0.5, 0.6) is 0 Å². The molecule has 0 aliphatic carbocycles. The van der Waals surface area contributed by atoms with E-state index in [1.807, 2.05) is 86.0 Å². The van der Waals surface area contributed by atoms with E-state index in [2.05, 4.69) is 63.6 Å². The Morgan fingerprint density at radius 3 is 1.29 bits per heavy atom. The van der Waals surface area contributed by atoms with E-state index in [0.717, 1.165) is 5.69 Å². The standard InChI is InChI=1S/2C9H13N.4C2H6/c1-9(2,3)8-5-4-6-10-7-8;1-9(2,3)8-6-4-5-7-10-8;4*1-2/h2*4-7H,1-3H3;4*1-2H3. The largest absolute Gasteiger partial charge is 0.264 e. The molecule has 2 rings (SSSR count). The van der Waals surface area contributed by atoms with Gasteiger partial charge < -0.3 is 0 Å². The lowest BCUT2D eigenvalue weighted by atomic mass is 9.88. The zero-order valence-corrected chi connectivity index (χ0v) is 21.5. The van der Waals surface area contributed by atoms with Gasteiger partial charge in [0.05, 0.1) is 0 Å². The quantitative estimate of drug-likeness (QED) is 0.449. The van der Waals surface area contributed by atoms with Crippen LogP contribution in [0.25, 0.3) is 0 Å². The summed E-state index contributed by atoms with van der Waals surface area (Å²) in [6.07, 6.45) is 5.55. The summed E-state index contributed by atoms with van der Waals surface area (Å²) in [6.45, 7) is 29.0. The van der Waals surface area contributed by atoms with Gasteiger partial charge in [-0.05, 0) is 29.2 Å². The fourth-order valence-electron chi connectivity index (χ4n) is 1.61. The highest BCUT2D eigenvalue weighted by Gasteiger charge is 2.13. The Morgan fingerprint density at radius 1 is 0.571 bits per heavy atom. The SMILES string of the molecule is CC.CC.CC.CC.CC(C)(C)c1ccccn1.CC(C)(C)c1cccnc1. The Kier molecular flexibility index (Phi) is 26.1. The van der Waals surface area contributed by atoms with Gasteiger partial charge in [0.15, 0.2) is 0 Å². The highest BCUT2D eigenvalue weighted by atomic mass is 14.7. The minimum atomic E-state index is 0.182. The molecule has 0 amide bonds. The summed E-state index contributed by atoms with van der Waals surface area (Å²) < 4.78 is 0. The molecule has 0 aromatic carbocycles. The molecule has 2 heterocycles. The summed E-state index contributed by atoms with van der Waals surface area (Å²) in [6, 6.07) is 10.1. The second-order valence-electron chi connectivity index (χ2n) is 6.96. The van der Waals surface area contributed by atoms with Crippen LogP contribution in [0.3, 0.4) is 0 Å². The zero-order chi connectivity index (χ0) is 23.2. The first kappa shape index (κ1) is 33.9. The third-order valence-electron chi connectivity index (χ3n) is 2.96. The summed E-state index contributed by atoms with van der Waals surface area (Å²) in [4.78, 5) is 8.30. The maximum absolute atomic E-state index is 4.25. The Labute approximate surface area is 178 Å². The maximum atomic E-state index is 4.25. The van der Waals surface area contributed by atoms with Gasteiger partial charge in [0, 0.05) is 29.7 Å². The molecular formula is C26H50N2. The van der Waals surface area contributed by atoms with Crippen molar-refractivity contribution < 1.29 is 0 Å². The van der Waals surface area contributed by atoms with Crippen molar-refractivity contribution in [2.24, 2.45) is 0 Å². The van der Waals surface area contributed by atoms with Gasteiger partial charge in [-0.15, -0.1) is 0 Å². The average molecular weight is 391 g/mol. The van der Waals surface area contributed by atoms with Gasteiger partial charge >= 0.3 is 0 Å². The predicted molar refractivity (Wildman–Crippen MR) is 131 cm³/mol. The van der Waals surface area contributed by atoms with Crippen molar-refractivity contribution in [1.29, 1.82) is 0 Å². The smallest absolute Gasteiger partial charge is 0.0457 e. The van der Waals surface area contributed by atoms with Crippen molar-refractivity contribution in [3.63, 3.8) is 0 Å². The van der Waals surface area contributed by atoms with Crippen molar-refractivity contribution in [3.05, 3.63) is 60.2 Å². The van der Waals surface area contributed by atoms with Gasteiger partial charge in [-0.25, -0.2) is 0 Å². The molecule has 0 aliphatic heterocycles. The van der Waals surface area contributed by atoms with Crippen LogP contribution >= 0.6 is 0 Å². The number of aromatic nitrogens is 2. The minimum absolute atomic E-state index is 0.182. The summed E-state index contributed by atoms with van der Waals surface area (Å²) in [5, 5.41) is 0. The van der Waals surface area contributed by atoms with Gasteiger partial charge in [-0.3, -0.25) is 9.97 Å². The molecule has 0 bridgehead atoms. The first-order valence-electron chi connectivity index (χ1n) is 11.0. The van der Waals surface area contributed by atoms with E-state index in [-0.39, 0.29) is 10.8 Å². The number of hydrogen-bond donors (Lipinski definition) is 0. The van der Waals surface area contributed by atoms with Crippen molar-refractivity contribution in [1.82, 2.24) is 9.97 Å². The van der Waals surface area contributed by atoms with E-state index in [4.69, 9.17) is 0 Å². The monoisotopic (exact) mass is 390 g/mol. The Morgan fingerprint density at radius 2 is 1.07 bits per heavy atom. The van der Waals surface area contributed by atoms with E-state index >= 15 is 0 Å². The van der Waals surface area contributed by atoms with Crippen LogP contribution in [0.2, 0.25) is 0 Å². The van der Waals surface area contributed by atoms with Crippen molar-refractivity contribution in [2.75, 3.05) is 0 Å². The van der Waals surface area contributed by atoms with Gasteiger partial charge in [-0.1, -0.05) is 109 Å². The molecule has 0 spiro atoms. The molecule has 2 aromatic heterocycles. The first-order chi connectivity index (χ1) is 13.2. The molecule has 28 heavy (non-hydrogen) atoms. The first-order valence-corrected chi connectivity index (χ1v) is 11.0. The second-order valence-corrected chi connectivity index (χ2v) is 6.96. The molecule has 164 valence electrons. The topological polar surface area (TPSA) is 25.8 Å². The Hall–Kier alpha value is -1.70. The van der Waals surface area contributed by atoms with Gasteiger partial charge in [0.1, 0.15) is 0 Å². The van der Waals surface area contributed by atoms with Crippen LogP contribution < -0.4 is 0 Å². The van der Waals surface area contributed by atoms with E-state index in [1.54, 1.807) is 6.20 Å². The number of pyridine rings is 2. The van der Waals surface area contributed by atoms with Crippen LogP contribution in [0.1, 0.15) is 108 Å². The molecule has 2 heteroatoms. The molecular weight excluding hydrogens is 340 g/mol. The summed E-state index contributed by atoms with van der Waals surface area (Å²) in [5.74, 6) is 0. The molecule has 0 saturated heterocycles. The minimum Gasteiger partial charge on any atom is -0.264 e. The van der Waals surface area contributed by atoms with Crippen LogP contribution in [-0.2, 0) is 10.8 Å². The lowest BCUT2D eigenvalue weighted by molar-refractivity contribution is 0.569. The fraction of sp³-hybridized carbons (Fsp3) is 0.615. The fourth-order valence-corrected chi connectivity index (χ4v) is 1.61. The molecule has 0 saturated carbocycles. The normalized spacial score (nSPS) is 9.07. The van der Waals surface area contributed by atoms with Gasteiger partial charge in [0.2, 0.25) is 0 Å². The molecule has 0 N–H and O–H groups in total. The van der Waals surface area contributed by atoms with E-state index < -0.39 is 0 Å². The zero-order valence-electron chi connectivity index (χ0n) is 21.5. The highest BCUT2D eigenvalue weighted by molar-refractivity contribution is 5.17. The molecule has 0 unspecified atom stereocenters. The molecule has 0 fully saturated rings. The highest BCUT2D eigenvalue weighted by Crippen LogP contribution is 2.20. The number of hydrogen-bond acceptors (Lipinski definition) is 2. The maximum Gasteiger partial charge on any atom is 0.0457 e. The van der Waals surface area contributed by atoms with Crippen LogP contribution in [0.15, 0.2) is 48.9 Å². The second kappa shape index (κ2) is 21.6. The van der Waals surface area contributed by atoms with Gasteiger partial charge in [-0.2, -0.15) is 0 Å². The third-order valence-corrected chi connectivity index (χ3v) is 2.96. The molecule has 2 nitrogen and oxygen atoms in total. The van der Waals surface area contributed by atoms with Crippen LogP contribution in [-0.4, -0.2) is 9.97 Å². The van der Waals surface area contributed by atoms with E-state index in [1.165, 1.54) is 5.56 Å². The summed E-state index contributed by atoms with van der Waals surface area (Å²) in [7, 11) is 0. The van der Waals surface area contributed by atoms with Gasteiger partial charge in [0.25, 0.3) is 0 Å². The lowest BCUT2D eigenvalue weighted by Gasteiger charge is -2.17. The van der Waals surface area contributed by atoms with Crippen molar-refractivity contribution in [2.45, 2.75) is 108 Å². The summed E-state index contributed by atoms with van der Waals surface area (Å²) >= 11 is 0.